The standard InChI is InChI=1S/C21H21BrN8O3.C2H4O2/c1-14-5-6-18(17(22)11-14)24-19-25-20(27-21(26-19)29-7-9-33-10-8-29)28-23-13-15-3-2-4-16(12-15)30(31)32;1-2(3)4/h2-6,11-13H,7-10H2,1H3,(H2,24,25,26,27,28);1H3,(H,3,4)/b23-13+;. The molecule has 2 heterocycles. The lowest BCUT2D eigenvalue weighted by atomic mass is 10.2. The molecular weight excluding hydrogens is 548 g/mol. The summed E-state index contributed by atoms with van der Waals surface area (Å²) in [7, 11) is 0. The summed E-state index contributed by atoms with van der Waals surface area (Å²) in [5, 5.41) is 25.7. The van der Waals surface area contributed by atoms with Crippen molar-refractivity contribution in [2.75, 3.05) is 41.9 Å². The quantitative estimate of drug-likeness (QED) is 0.213. The average Bonchev–Trinajstić information content (AvgIpc) is 2.86. The number of aryl methyl sites for hydroxylation is 1. The summed E-state index contributed by atoms with van der Waals surface area (Å²) in [5.74, 6) is 0.245. The molecule has 1 fully saturated rings. The highest BCUT2D eigenvalue weighted by Crippen LogP contribution is 2.26. The molecule has 0 spiro atoms. The van der Waals surface area contributed by atoms with Gasteiger partial charge in [0.05, 0.1) is 30.0 Å². The number of rotatable bonds is 7. The zero-order valence-electron chi connectivity index (χ0n) is 20.1. The Balaban J connectivity index is 0.000000886. The Morgan fingerprint density at radius 1 is 1.19 bits per heavy atom. The Kier molecular flexibility index (Phi) is 9.80. The molecule has 0 atom stereocenters. The van der Waals surface area contributed by atoms with Crippen LogP contribution in [0.25, 0.3) is 0 Å². The number of aromatic nitrogens is 3. The number of nitrogens with one attached hydrogen (secondary N) is 2. The van der Waals surface area contributed by atoms with Crippen molar-refractivity contribution in [1.29, 1.82) is 0 Å². The van der Waals surface area contributed by atoms with Crippen LogP contribution in [0.2, 0.25) is 0 Å². The molecule has 14 heteroatoms. The minimum Gasteiger partial charge on any atom is -0.481 e. The van der Waals surface area contributed by atoms with E-state index in [1.165, 1.54) is 18.3 Å². The van der Waals surface area contributed by atoms with Crippen LogP contribution in [0.5, 0.6) is 0 Å². The second kappa shape index (κ2) is 13.2. The Bertz CT molecular complexity index is 1280. The maximum Gasteiger partial charge on any atom is 0.300 e. The van der Waals surface area contributed by atoms with E-state index in [0.29, 0.717) is 43.8 Å². The van der Waals surface area contributed by atoms with Crippen LogP contribution in [0.1, 0.15) is 18.1 Å². The molecule has 194 valence electrons. The van der Waals surface area contributed by atoms with E-state index >= 15 is 0 Å². The van der Waals surface area contributed by atoms with Gasteiger partial charge in [-0.05, 0) is 40.5 Å². The second-order valence-electron chi connectivity index (χ2n) is 7.73. The van der Waals surface area contributed by atoms with Crippen molar-refractivity contribution in [1.82, 2.24) is 15.0 Å². The molecule has 1 aromatic heterocycles. The number of benzene rings is 2. The Labute approximate surface area is 220 Å². The van der Waals surface area contributed by atoms with E-state index in [9.17, 15) is 10.1 Å². The summed E-state index contributed by atoms with van der Waals surface area (Å²) >= 11 is 3.55. The number of hydrogen-bond donors (Lipinski definition) is 3. The molecule has 0 amide bonds. The van der Waals surface area contributed by atoms with Crippen LogP contribution in [0.15, 0.2) is 52.0 Å². The lowest BCUT2D eigenvalue weighted by molar-refractivity contribution is -0.384. The predicted molar refractivity (Wildman–Crippen MR) is 143 cm³/mol. The van der Waals surface area contributed by atoms with E-state index < -0.39 is 10.9 Å². The lowest BCUT2D eigenvalue weighted by Gasteiger charge is -2.27. The van der Waals surface area contributed by atoms with Gasteiger partial charge in [-0.1, -0.05) is 18.2 Å². The van der Waals surface area contributed by atoms with Crippen molar-refractivity contribution in [3.8, 4) is 0 Å². The summed E-state index contributed by atoms with van der Waals surface area (Å²) in [6, 6.07) is 12.1. The molecule has 37 heavy (non-hydrogen) atoms. The van der Waals surface area contributed by atoms with Crippen LogP contribution in [0.3, 0.4) is 0 Å². The van der Waals surface area contributed by atoms with Crippen molar-refractivity contribution >= 4 is 57.3 Å². The van der Waals surface area contributed by atoms with Crippen molar-refractivity contribution in [3.05, 3.63) is 68.2 Å². The third-order valence-electron chi connectivity index (χ3n) is 4.75. The number of carboxylic acid groups (broad SMARTS) is 1. The Morgan fingerprint density at radius 3 is 2.57 bits per heavy atom. The number of nitrogens with zero attached hydrogens (tertiary/aromatic N) is 6. The highest BCUT2D eigenvalue weighted by molar-refractivity contribution is 9.10. The number of non-ortho nitro benzene ring substituents is 1. The van der Waals surface area contributed by atoms with E-state index in [-0.39, 0.29) is 11.6 Å². The molecule has 0 aliphatic carbocycles. The van der Waals surface area contributed by atoms with Crippen LogP contribution in [-0.4, -0.2) is 63.5 Å². The normalized spacial score (nSPS) is 13.0. The average molecular weight is 573 g/mol. The highest BCUT2D eigenvalue weighted by Gasteiger charge is 2.17. The predicted octanol–water partition coefficient (Wildman–Crippen LogP) is 3.97. The molecular formula is C23H25BrN8O5. The van der Waals surface area contributed by atoms with E-state index in [1.54, 1.807) is 12.1 Å². The maximum atomic E-state index is 11.0. The number of ether oxygens (including phenoxy) is 1. The van der Waals surface area contributed by atoms with Crippen LogP contribution < -0.4 is 15.6 Å². The van der Waals surface area contributed by atoms with Crippen molar-refractivity contribution in [3.63, 3.8) is 0 Å². The van der Waals surface area contributed by atoms with Crippen LogP contribution in [0, 0.1) is 17.0 Å². The first-order valence-electron chi connectivity index (χ1n) is 11.1. The first-order valence-corrected chi connectivity index (χ1v) is 11.9. The number of morpholine rings is 1. The second-order valence-corrected chi connectivity index (χ2v) is 8.59. The maximum absolute atomic E-state index is 11.0. The first kappa shape index (κ1) is 27.4. The molecule has 4 rings (SSSR count). The topological polar surface area (TPSA) is 168 Å². The van der Waals surface area contributed by atoms with Crippen molar-refractivity contribution in [2.24, 2.45) is 5.10 Å². The zero-order chi connectivity index (χ0) is 26.8. The SMILES string of the molecule is CC(=O)O.Cc1ccc(Nc2nc(N/N=C/c3cccc([N+](=O)[O-])c3)nc(N3CCOCC3)n2)c(Br)c1. The highest BCUT2D eigenvalue weighted by atomic mass is 79.9. The van der Waals surface area contributed by atoms with Gasteiger partial charge < -0.3 is 20.1 Å². The minimum absolute atomic E-state index is 0.0103. The van der Waals surface area contributed by atoms with Crippen LogP contribution in [-0.2, 0) is 9.53 Å². The molecule has 1 saturated heterocycles. The van der Waals surface area contributed by atoms with Gasteiger partial charge >= 0.3 is 0 Å². The van der Waals surface area contributed by atoms with Crippen LogP contribution in [0.4, 0.5) is 29.2 Å². The molecule has 1 aliphatic heterocycles. The van der Waals surface area contributed by atoms with E-state index in [2.05, 4.69) is 46.7 Å². The van der Waals surface area contributed by atoms with Gasteiger partial charge in [0.15, 0.2) is 0 Å². The number of anilines is 4. The third-order valence-corrected chi connectivity index (χ3v) is 5.40. The minimum atomic E-state index is -0.833. The summed E-state index contributed by atoms with van der Waals surface area (Å²) in [4.78, 5) is 35.0. The van der Waals surface area contributed by atoms with E-state index in [0.717, 1.165) is 22.6 Å². The fourth-order valence-corrected chi connectivity index (χ4v) is 3.69. The molecule has 3 N–H and O–H groups in total. The Morgan fingerprint density at radius 2 is 1.89 bits per heavy atom. The molecule has 2 aromatic carbocycles. The number of carbonyl (C=O) groups is 1. The number of carboxylic acids is 1. The number of nitro benzene ring substituents is 1. The molecule has 13 nitrogen and oxygen atoms in total. The number of hydrogen-bond acceptors (Lipinski definition) is 11. The van der Waals surface area contributed by atoms with Gasteiger partial charge in [0.25, 0.3) is 11.7 Å². The van der Waals surface area contributed by atoms with Crippen molar-refractivity contribution in [2.45, 2.75) is 13.8 Å². The van der Waals surface area contributed by atoms with Gasteiger partial charge in [-0.15, -0.1) is 0 Å². The monoisotopic (exact) mass is 572 g/mol. The molecule has 0 bridgehead atoms. The Hall–Kier alpha value is -4.17. The van der Waals surface area contributed by atoms with E-state index in [1.807, 2.05) is 30.0 Å². The molecule has 3 aromatic rings. The molecule has 0 unspecified atom stereocenters. The first-order chi connectivity index (χ1) is 17.7. The largest absolute Gasteiger partial charge is 0.481 e. The third kappa shape index (κ3) is 8.77. The molecule has 1 aliphatic rings. The summed E-state index contributed by atoms with van der Waals surface area (Å²) in [6.07, 6.45) is 1.47. The van der Waals surface area contributed by atoms with Crippen LogP contribution >= 0.6 is 15.9 Å². The zero-order valence-corrected chi connectivity index (χ0v) is 21.7. The van der Waals surface area contributed by atoms with Gasteiger partial charge in [-0.3, -0.25) is 14.9 Å². The number of hydrazone groups is 1. The van der Waals surface area contributed by atoms with Gasteiger partial charge in [0.2, 0.25) is 17.8 Å². The molecule has 0 saturated carbocycles. The van der Waals surface area contributed by atoms with Gasteiger partial charge in [0, 0.05) is 42.2 Å². The van der Waals surface area contributed by atoms with Gasteiger partial charge in [0.1, 0.15) is 0 Å². The fraction of sp³-hybridized carbons (Fsp3) is 0.261. The smallest absolute Gasteiger partial charge is 0.300 e. The number of aliphatic carboxylic acids is 1. The van der Waals surface area contributed by atoms with Gasteiger partial charge in [-0.2, -0.15) is 20.1 Å². The van der Waals surface area contributed by atoms with Crippen molar-refractivity contribution < 1.29 is 19.6 Å². The molecule has 0 radical (unpaired) electrons. The lowest BCUT2D eigenvalue weighted by Crippen LogP contribution is -2.37. The summed E-state index contributed by atoms with van der Waals surface area (Å²) < 4.78 is 6.31. The fourth-order valence-electron chi connectivity index (χ4n) is 3.10. The summed E-state index contributed by atoms with van der Waals surface area (Å²) in [6.45, 7) is 5.59. The number of halogens is 1. The summed E-state index contributed by atoms with van der Waals surface area (Å²) in [5.41, 5.74) is 5.29. The van der Waals surface area contributed by atoms with E-state index in [4.69, 9.17) is 14.6 Å². The number of nitro groups is 1. The van der Waals surface area contributed by atoms with Gasteiger partial charge in [-0.25, -0.2) is 5.43 Å².